The predicted molar refractivity (Wildman–Crippen MR) is 73.4 cm³/mol. The molecule has 15 heavy (non-hydrogen) atoms. The van der Waals surface area contributed by atoms with E-state index in [0.29, 0.717) is 4.95 Å². The van der Waals surface area contributed by atoms with E-state index < -0.39 is 0 Å². The first-order valence-electron chi connectivity index (χ1n) is 6.43. The molecule has 0 aliphatic heterocycles. The normalized spacial score (nSPS) is 14.2. The van der Waals surface area contributed by atoms with Gasteiger partial charge in [0, 0.05) is 6.42 Å². The first-order valence-corrected chi connectivity index (χ1v) is 7.35. The first kappa shape index (κ1) is 15.4. The lowest BCUT2D eigenvalue weighted by atomic mass is 10.1. The molecule has 0 aliphatic rings. The fraction of sp³-hybridized carbons (Fsp3) is 1.00. The van der Waals surface area contributed by atoms with Crippen molar-refractivity contribution in [1.82, 2.24) is 0 Å². The van der Waals surface area contributed by atoms with Crippen LogP contribution in [0.2, 0.25) is 0 Å². The van der Waals surface area contributed by atoms with Crippen molar-refractivity contribution in [2.45, 2.75) is 63.2 Å². The van der Waals surface area contributed by atoms with E-state index in [1.165, 1.54) is 51.4 Å². The van der Waals surface area contributed by atoms with Gasteiger partial charge in [-0.3, -0.25) is 0 Å². The molecule has 0 rings (SSSR count). The summed E-state index contributed by atoms with van der Waals surface area (Å²) < 4.78 is 1.02. The van der Waals surface area contributed by atoms with Gasteiger partial charge >= 0.3 is 0 Å². The van der Waals surface area contributed by atoms with Gasteiger partial charge in [-0.1, -0.05) is 45.4 Å². The lowest BCUT2D eigenvalue weighted by Gasteiger charge is -2.30. The van der Waals surface area contributed by atoms with Crippen LogP contribution in [0.3, 0.4) is 0 Å². The minimum atomic E-state index is 0.619. The Morgan fingerprint density at radius 3 is 1.80 bits per heavy atom. The summed E-state index contributed by atoms with van der Waals surface area (Å²) in [5.41, 5.74) is 0. The molecule has 2 heteroatoms. The molecule has 0 aromatic carbocycles. The molecular weight excluding hydrogens is 250 g/mol. The van der Waals surface area contributed by atoms with E-state index in [-0.39, 0.29) is 0 Å². The molecule has 92 valence electrons. The molecule has 0 fully saturated rings. The molecule has 1 nitrogen and oxygen atoms in total. The molecule has 0 N–H and O–H groups in total. The molecule has 0 aromatic heterocycles. The third kappa shape index (κ3) is 9.37. The number of hydrogen-bond acceptors (Lipinski definition) is 0. The smallest absolute Gasteiger partial charge is 0.143 e. The van der Waals surface area contributed by atoms with Crippen LogP contribution < -0.4 is 0 Å². The third-order valence-corrected chi connectivity index (χ3v) is 4.57. The monoisotopic (exact) mass is 278 g/mol. The highest BCUT2D eigenvalue weighted by atomic mass is 79.9. The van der Waals surface area contributed by atoms with Crippen LogP contribution in [0, 0.1) is 0 Å². The van der Waals surface area contributed by atoms with E-state index in [9.17, 15) is 0 Å². The van der Waals surface area contributed by atoms with Crippen LogP contribution in [0.5, 0.6) is 0 Å². The number of hydrogen-bond donors (Lipinski definition) is 0. The second kappa shape index (κ2) is 8.58. The van der Waals surface area contributed by atoms with Crippen LogP contribution in [-0.2, 0) is 0 Å². The van der Waals surface area contributed by atoms with Gasteiger partial charge in [0.15, 0.2) is 0 Å². The number of rotatable bonds is 9. The fourth-order valence-corrected chi connectivity index (χ4v) is 1.98. The van der Waals surface area contributed by atoms with E-state index in [4.69, 9.17) is 0 Å². The molecule has 0 aliphatic carbocycles. The van der Waals surface area contributed by atoms with E-state index in [1.54, 1.807) is 0 Å². The molecule has 1 unspecified atom stereocenters. The summed E-state index contributed by atoms with van der Waals surface area (Å²) in [4.78, 5) is 0.619. The summed E-state index contributed by atoms with van der Waals surface area (Å²) in [5.74, 6) is 0. The molecule has 0 aromatic rings. The Labute approximate surface area is 105 Å². The van der Waals surface area contributed by atoms with E-state index in [1.807, 2.05) is 0 Å². The standard InChI is InChI=1S/C13H29BrN/c1-5-6-7-8-9-10-11-12-13(14)15(2,3)4/h13H,5-12H2,1-4H3/q+1. The zero-order valence-corrected chi connectivity index (χ0v) is 12.6. The second-order valence-electron chi connectivity index (χ2n) is 5.46. The van der Waals surface area contributed by atoms with Gasteiger partial charge < -0.3 is 4.48 Å². The van der Waals surface area contributed by atoms with Gasteiger partial charge in [0.2, 0.25) is 0 Å². The lowest BCUT2D eigenvalue weighted by Crippen LogP contribution is -2.41. The zero-order chi connectivity index (χ0) is 11.7. The van der Waals surface area contributed by atoms with Crippen molar-refractivity contribution in [3.63, 3.8) is 0 Å². The number of nitrogens with zero attached hydrogens (tertiary/aromatic N) is 1. The summed E-state index contributed by atoms with van der Waals surface area (Å²) in [7, 11) is 6.75. The minimum Gasteiger partial charge on any atom is -0.320 e. The Bertz CT molecular complexity index is 140. The van der Waals surface area contributed by atoms with Crippen molar-refractivity contribution in [2.75, 3.05) is 21.1 Å². The molecule has 0 heterocycles. The number of alkyl halides is 1. The summed E-state index contributed by atoms with van der Waals surface area (Å²) in [6, 6.07) is 0. The van der Waals surface area contributed by atoms with Crippen LogP contribution >= 0.6 is 15.9 Å². The quantitative estimate of drug-likeness (QED) is 0.251. The van der Waals surface area contributed by atoms with Crippen LogP contribution in [0.1, 0.15) is 58.3 Å². The van der Waals surface area contributed by atoms with Gasteiger partial charge in [-0.25, -0.2) is 0 Å². The van der Waals surface area contributed by atoms with E-state index >= 15 is 0 Å². The molecular formula is C13H29BrN+. The fourth-order valence-electron chi connectivity index (χ4n) is 1.66. The SMILES string of the molecule is CCCCCCCCCC(Br)[N+](C)(C)C. The summed E-state index contributed by atoms with van der Waals surface area (Å²) in [6.07, 6.45) is 11.1. The topological polar surface area (TPSA) is 0 Å². The molecule has 0 bridgehead atoms. The molecule has 1 atom stereocenters. The van der Waals surface area contributed by atoms with Crippen molar-refractivity contribution < 1.29 is 4.48 Å². The Kier molecular flexibility index (Phi) is 8.83. The minimum absolute atomic E-state index is 0.619. The van der Waals surface area contributed by atoms with Crippen molar-refractivity contribution in [2.24, 2.45) is 0 Å². The number of quaternary nitrogens is 1. The highest BCUT2D eigenvalue weighted by molar-refractivity contribution is 9.09. The summed E-state index contributed by atoms with van der Waals surface area (Å²) in [6.45, 7) is 2.27. The first-order chi connectivity index (χ1) is 6.98. The molecule has 0 amide bonds. The maximum absolute atomic E-state index is 3.76. The van der Waals surface area contributed by atoms with Crippen LogP contribution in [0.15, 0.2) is 0 Å². The van der Waals surface area contributed by atoms with Crippen LogP contribution in [-0.4, -0.2) is 30.6 Å². The molecule has 0 spiro atoms. The van der Waals surface area contributed by atoms with Gasteiger partial charge in [0.25, 0.3) is 0 Å². The lowest BCUT2D eigenvalue weighted by molar-refractivity contribution is -0.879. The predicted octanol–water partition coefficient (Wildman–Crippen LogP) is 4.55. The Balaban J connectivity index is 3.24. The number of halogens is 1. The zero-order valence-electron chi connectivity index (χ0n) is 11.1. The van der Waals surface area contributed by atoms with E-state index in [0.717, 1.165) is 4.48 Å². The Morgan fingerprint density at radius 2 is 1.33 bits per heavy atom. The Hall–Kier alpha value is 0.440. The molecule has 0 saturated heterocycles. The highest BCUT2D eigenvalue weighted by Crippen LogP contribution is 2.18. The van der Waals surface area contributed by atoms with E-state index in [2.05, 4.69) is 44.0 Å². The van der Waals surface area contributed by atoms with Crippen LogP contribution in [0.25, 0.3) is 0 Å². The second-order valence-corrected chi connectivity index (χ2v) is 6.52. The van der Waals surface area contributed by atoms with Crippen LogP contribution in [0.4, 0.5) is 0 Å². The summed E-state index contributed by atoms with van der Waals surface area (Å²) in [5, 5.41) is 0. The third-order valence-electron chi connectivity index (χ3n) is 2.89. The van der Waals surface area contributed by atoms with Crippen molar-refractivity contribution in [3.05, 3.63) is 0 Å². The average Bonchev–Trinajstić information content (AvgIpc) is 2.14. The van der Waals surface area contributed by atoms with Crippen molar-refractivity contribution in [1.29, 1.82) is 0 Å². The summed E-state index contributed by atoms with van der Waals surface area (Å²) >= 11 is 3.76. The average molecular weight is 279 g/mol. The maximum Gasteiger partial charge on any atom is 0.143 e. The van der Waals surface area contributed by atoms with Gasteiger partial charge in [0.1, 0.15) is 4.95 Å². The number of unbranched alkanes of at least 4 members (excludes halogenated alkanes) is 6. The Morgan fingerprint density at radius 1 is 0.867 bits per heavy atom. The van der Waals surface area contributed by atoms with Gasteiger partial charge in [0.05, 0.1) is 21.1 Å². The van der Waals surface area contributed by atoms with Crippen molar-refractivity contribution >= 4 is 15.9 Å². The van der Waals surface area contributed by atoms with Gasteiger partial charge in [-0.2, -0.15) is 0 Å². The van der Waals surface area contributed by atoms with Gasteiger partial charge in [-0.15, -0.1) is 0 Å². The largest absolute Gasteiger partial charge is 0.320 e. The molecule has 0 radical (unpaired) electrons. The maximum atomic E-state index is 3.76. The van der Waals surface area contributed by atoms with Crippen molar-refractivity contribution in [3.8, 4) is 0 Å². The molecule has 0 saturated carbocycles. The van der Waals surface area contributed by atoms with Gasteiger partial charge in [-0.05, 0) is 22.4 Å². The highest BCUT2D eigenvalue weighted by Gasteiger charge is 2.18.